The standard InChI is InChI=1S/C16H33S/c1-3-5-7-8-9-10-11-12-14-16(15-17)13-6-4-2/h16H,3-15H2,1-2H3. The summed E-state index contributed by atoms with van der Waals surface area (Å²) < 4.78 is 0. The summed E-state index contributed by atoms with van der Waals surface area (Å²) in [7, 11) is 0. The van der Waals surface area contributed by atoms with E-state index in [-0.39, 0.29) is 0 Å². The average molecular weight is 258 g/mol. The lowest BCUT2D eigenvalue weighted by Crippen LogP contribution is -2.02. The highest BCUT2D eigenvalue weighted by atomic mass is 32.1. The van der Waals surface area contributed by atoms with Crippen LogP contribution in [-0.4, -0.2) is 5.75 Å². The van der Waals surface area contributed by atoms with Crippen molar-refractivity contribution in [3.05, 3.63) is 0 Å². The summed E-state index contributed by atoms with van der Waals surface area (Å²) in [5.74, 6) is 1.82. The molecule has 0 nitrogen and oxygen atoms in total. The molecule has 0 rings (SSSR count). The van der Waals surface area contributed by atoms with E-state index in [1.54, 1.807) is 0 Å². The molecule has 0 heterocycles. The van der Waals surface area contributed by atoms with Gasteiger partial charge in [0.1, 0.15) is 0 Å². The molecule has 0 aliphatic heterocycles. The lowest BCUT2D eigenvalue weighted by molar-refractivity contribution is 0.447. The predicted molar refractivity (Wildman–Crippen MR) is 82.7 cm³/mol. The van der Waals surface area contributed by atoms with E-state index in [2.05, 4.69) is 13.8 Å². The summed E-state index contributed by atoms with van der Waals surface area (Å²) >= 11 is 5.24. The van der Waals surface area contributed by atoms with Gasteiger partial charge in [-0.1, -0.05) is 90.7 Å². The Labute approximate surface area is 115 Å². The van der Waals surface area contributed by atoms with Gasteiger partial charge in [-0.15, -0.1) is 0 Å². The third kappa shape index (κ3) is 12.6. The van der Waals surface area contributed by atoms with E-state index >= 15 is 0 Å². The molecule has 0 fully saturated rings. The topological polar surface area (TPSA) is 0 Å². The van der Waals surface area contributed by atoms with Crippen LogP contribution in [0.5, 0.6) is 0 Å². The van der Waals surface area contributed by atoms with Crippen molar-refractivity contribution in [1.29, 1.82) is 0 Å². The average Bonchev–Trinajstić information content (AvgIpc) is 2.36. The Balaban J connectivity index is 3.19. The van der Waals surface area contributed by atoms with Crippen molar-refractivity contribution in [3.8, 4) is 0 Å². The number of rotatable bonds is 13. The molecular weight excluding hydrogens is 224 g/mol. The lowest BCUT2D eigenvalue weighted by atomic mass is 9.96. The zero-order valence-electron chi connectivity index (χ0n) is 12.2. The highest BCUT2D eigenvalue weighted by Gasteiger charge is 2.05. The first-order valence-corrected chi connectivity index (χ1v) is 8.50. The van der Waals surface area contributed by atoms with Crippen molar-refractivity contribution in [2.45, 2.75) is 90.9 Å². The number of hydrogen-bond donors (Lipinski definition) is 0. The van der Waals surface area contributed by atoms with Crippen LogP contribution in [0.1, 0.15) is 90.9 Å². The fraction of sp³-hybridized carbons (Fsp3) is 1.00. The molecule has 0 aromatic heterocycles. The highest BCUT2D eigenvalue weighted by Crippen LogP contribution is 2.19. The minimum Gasteiger partial charge on any atom is -0.0939 e. The third-order valence-electron chi connectivity index (χ3n) is 3.67. The molecule has 0 aliphatic rings. The van der Waals surface area contributed by atoms with Gasteiger partial charge in [-0.3, -0.25) is 0 Å². The van der Waals surface area contributed by atoms with Gasteiger partial charge in [0.25, 0.3) is 0 Å². The Kier molecular flexibility index (Phi) is 14.7. The summed E-state index contributed by atoms with van der Waals surface area (Å²) in [6.45, 7) is 4.56. The molecule has 0 aliphatic carbocycles. The van der Waals surface area contributed by atoms with Crippen LogP contribution in [0.25, 0.3) is 0 Å². The van der Waals surface area contributed by atoms with Crippen molar-refractivity contribution >= 4 is 12.6 Å². The summed E-state index contributed by atoms with van der Waals surface area (Å²) in [6.07, 6.45) is 16.9. The van der Waals surface area contributed by atoms with Gasteiger partial charge in [0.15, 0.2) is 0 Å². The minimum absolute atomic E-state index is 0.838. The first kappa shape index (κ1) is 17.4. The minimum atomic E-state index is 0.838. The van der Waals surface area contributed by atoms with Crippen LogP contribution in [-0.2, 0) is 0 Å². The van der Waals surface area contributed by atoms with E-state index in [4.69, 9.17) is 12.6 Å². The maximum Gasteiger partial charge on any atom is 0.00653 e. The molecule has 1 radical (unpaired) electrons. The van der Waals surface area contributed by atoms with E-state index in [1.165, 1.54) is 77.0 Å². The monoisotopic (exact) mass is 257 g/mol. The van der Waals surface area contributed by atoms with Crippen LogP contribution in [0.3, 0.4) is 0 Å². The second-order valence-electron chi connectivity index (χ2n) is 5.44. The van der Waals surface area contributed by atoms with Crippen LogP contribution < -0.4 is 0 Å². The predicted octanol–water partition coefficient (Wildman–Crippen LogP) is 6.52. The molecule has 0 saturated carbocycles. The van der Waals surface area contributed by atoms with Crippen LogP contribution in [0.2, 0.25) is 0 Å². The zero-order valence-corrected chi connectivity index (χ0v) is 13.0. The molecule has 0 saturated heterocycles. The van der Waals surface area contributed by atoms with Gasteiger partial charge in [0.2, 0.25) is 0 Å². The molecule has 1 atom stereocenters. The van der Waals surface area contributed by atoms with Gasteiger partial charge in [0, 0.05) is 5.75 Å². The molecule has 17 heavy (non-hydrogen) atoms. The Hall–Kier alpha value is 0.350. The summed E-state index contributed by atoms with van der Waals surface area (Å²) in [6, 6.07) is 0. The van der Waals surface area contributed by atoms with Crippen molar-refractivity contribution in [2.24, 2.45) is 5.92 Å². The second kappa shape index (κ2) is 14.4. The molecule has 0 spiro atoms. The maximum atomic E-state index is 5.24. The largest absolute Gasteiger partial charge is 0.0939 e. The Morgan fingerprint density at radius 2 is 1.12 bits per heavy atom. The van der Waals surface area contributed by atoms with Gasteiger partial charge in [-0.05, 0) is 18.8 Å². The van der Waals surface area contributed by atoms with Gasteiger partial charge in [-0.2, -0.15) is 0 Å². The Morgan fingerprint density at radius 3 is 1.65 bits per heavy atom. The van der Waals surface area contributed by atoms with E-state index in [1.807, 2.05) is 0 Å². The first-order valence-electron chi connectivity index (χ1n) is 7.93. The molecule has 0 bridgehead atoms. The van der Waals surface area contributed by atoms with Crippen molar-refractivity contribution in [3.63, 3.8) is 0 Å². The highest BCUT2D eigenvalue weighted by molar-refractivity contribution is 7.80. The Morgan fingerprint density at radius 1 is 0.647 bits per heavy atom. The lowest BCUT2D eigenvalue weighted by Gasteiger charge is -2.12. The molecule has 103 valence electrons. The fourth-order valence-corrected chi connectivity index (χ4v) is 2.70. The Bertz CT molecular complexity index is 133. The van der Waals surface area contributed by atoms with E-state index in [0.717, 1.165) is 11.7 Å². The van der Waals surface area contributed by atoms with Gasteiger partial charge >= 0.3 is 0 Å². The molecule has 0 N–H and O–H groups in total. The van der Waals surface area contributed by atoms with E-state index in [9.17, 15) is 0 Å². The van der Waals surface area contributed by atoms with E-state index < -0.39 is 0 Å². The summed E-state index contributed by atoms with van der Waals surface area (Å²) in [5, 5.41) is 0. The molecule has 0 aromatic rings. The molecule has 1 heteroatoms. The van der Waals surface area contributed by atoms with Crippen LogP contribution in [0.4, 0.5) is 0 Å². The SMILES string of the molecule is CCCCCCCCCCC(C[S])CCCC. The van der Waals surface area contributed by atoms with Gasteiger partial charge in [0.05, 0.1) is 0 Å². The molecule has 0 amide bonds. The van der Waals surface area contributed by atoms with Crippen molar-refractivity contribution < 1.29 is 0 Å². The maximum absolute atomic E-state index is 5.24. The summed E-state index contributed by atoms with van der Waals surface area (Å²) in [4.78, 5) is 0. The van der Waals surface area contributed by atoms with Gasteiger partial charge < -0.3 is 0 Å². The van der Waals surface area contributed by atoms with Crippen molar-refractivity contribution in [2.75, 3.05) is 5.75 Å². The van der Waals surface area contributed by atoms with Gasteiger partial charge in [-0.25, -0.2) is 0 Å². The smallest absolute Gasteiger partial charge is 0.00653 e. The second-order valence-corrected chi connectivity index (χ2v) is 5.77. The van der Waals surface area contributed by atoms with Crippen molar-refractivity contribution in [1.82, 2.24) is 0 Å². The van der Waals surface area contributed by atoms with Crippen LogP contribution in [0, 0.1) is 5.92 Å². The number of unbranched alkanes of at least 4 members (excludes halogenated alkanes) is 8. The molecule has 0 aromatic carbocycles. The molecule has 1 unspecified atom stereocenters. The quantitative estimate of drug-likeness (QED) is 0.329. The number of hydrogen-bond acceptors (Lipinski definition) is 0. The van der Waals surface area contributed by atoms with E-state index in [0.29, 0.717) is 0 Å². The summed E-state index contributed by atoms with van der Waals surface area (Å²) in [5.41, 5.74) is 0. The van der Waals surface area contributed by atoms with Crippen LogP contribution >= 0.6 is 12.6 Å². The zero-order chi connectivity index (χ0) is 12.8. The fourth-order valence-electron chi connectivity index (χ4n) is 2.37. The third-order valence-corrected chi connectivity index (χ3v) is 4.14. The van der Waals surface area contributed by atoms with Crippen LogP contribution in [0.15, 0.2) is 0 Å². The molecular formula is C16H33S. The normalized spacial score (nSPS) is 12.9. The first-order chi connectivity index (χ1) is 8.35.